The predicted molar refractivity (Wildman–Crippen MR) is 65.9 cm³/mol. The van der Waals surface area contributed by atoms with E-state index in [1.807, 2.05) is 20.8 Å². The van der Waals surface area contributed by atoms with E-state index in [-0.39, 0.29) is 12.5 Å². The van der Waals surface area contributed by atoms with Gasteiger partial charge in [0, 0.05) is 18.9 Å². The van der Waals surface area contributed by atoms with E-state index >= 15 is 0 Å². The molecule has 17 heavy (non-hydrogen) atoms. The summed E-state index contributed by atoms with van der Waals surface area (Å²) in [5.74, 6) is 7.38. The monoisotopic (exact) mass is 240 g/mol. The topological polar surface area (TPSA) is 93.3 Å². The van der Waals surface area contributed by atoms with Crippen LogP contribution in [-0.4, -0.2) is 28.3 Å². The second kappa shape index (κ2) is 6.36. The van der Waals surface area contributed by atoms with Gasteiger partial charge in [-0.2, -0.15) is 4.98 Å². The number of anilines is 1. The SMILES string of the molecule is Cc1c(NN)nc(C(C)C)nc1OCCCO. The third-order valence-corrected chi connectivity index (χ3v) is 2.31. The van der Waals surface area contributed by atoms with Crippen LogP contribution in [0, 0.1) is 6.92 Å². The van der Waals surface area contributed by atoms with Gasteiger partial charge in [-0.1, -0.05) is 13.8 Å². The van der Waals surface area contributed by atoms with Gasteiger partial charge >= 0.3 is 0 Å². The standard InChI is InChI=1S/C11H20N4O2/c1-7(2)9-13-10(15-12)8(3)11(14-9)17-6-4-5-16/h7,16H,4-6,12H2,1-3H3,(H,13,14,15). The number of ether oxygens (including phenoxy) is 1. The second-order valence-electron chi connectivity index (χ2n) is 4.09. The van der Waals surface area contributed by atoms with Gasteiger partial charge in [0.25, 0.3) is 0 Å². The molecule has 0 fully saturated rings. The first-order chi connectivity index (χ1) is 8.10. The maximum absolute atomic E-state index is 8.71. The minimum absolute atomic E-state index is 0.100. The van der Waals surface area contributed by atoms with Crippen molar-refractivity contribution in [3.05, 3.63) is 11.4 Å². The maximum atomic E-state index is 8.71. The van der Waals surface area contributed by atoms with Crippen LogP contribution in [0.1, 0.15) is 37.6 Å². The first kappa shape index (κ1) is 13.7. The van der Waals surface area contributed by atoms with Gasteiger partial charge in [0.15, 0.2) is 0 Å². The highest BCUT2D eigenvalue weighted by atomic mass is 16.5. The van der Waals surface area contributed by atoms with Gasteiger partial charge in [-0.05, 0) is 6.92 Å². The summed E-state index contributed by atoms with van der Waals surface area (Å²) in [5, 5.41) is 8.71. The molecular formula is C11H20N4O2. The van der Waals surface area contributed by atoms with E-state index in [2.05, 4.69) is 15.4 Å². The van der Waals surface area contributed by atoms with E-state index in [9.17, 15) is 0 Å². The summed E-state index contributed by atoms with van der Waals surface area (Å²) in [7, 11) is 0. The first-order valence-electron chi connectivity index (χ1n) is 5.69. The number of aromatic nitrogens is 2. The molecule has 0 atom stereocenters. The molecule has 0 radical (unpaired) electrons. The first-order valence-corrected chi connectivity index (χ1v) is 5.69. The molecule has 0 aliphatic carbocycles. The molecule has 0 spiro atoms. The van der Waals surface area contributed by atoms with Gasteiger partial charge in [0.05, 0.1) is 12.2 Å². The zero-order chi connectivity index (χ0) is 12.8. The predicted octanol–water partition coefficient (Wildman–Crippen LogP) is 0.955. The summed E-state index contributed by atoms with van der Waals surface area (Å²) in [6.07, 6.45) is 0.575. The molecule has 0 aliphatic heterocycles. The van der Waals surface area contributed by atoms with Crippen molar-refractivity contribution in [2.45, 2.75) is 33.1 Å². The Bertz CT molecular complexity index is 369. The maximum Gasteiger partial charge on any atom is 0.221 e. The molecule has 0 aliphatic rings. The lowest BCUT2D eigenvalue weighted by atomic mass is 10.2. The summed E-state index contributed by atoms with van der Waals surface area (Å²) in [5.41, 5.74) is 3.31. The molecule has 1 heterocycles. The second-order valence-corrected chi connectivity index (χ2v) is 4.09. The van der Waals surface area contributed by atoms with Crippen LogP contribution in [0.25, 0.3) is 0 Å². The highest BCUT2D eigenvalue weighted by Crippen LogP contribution is 2.24. The van der Waals surface area contributed by atoms with E-state index in [1.54, 1.807) is 0 Å². The normalized spacial score (nSPS) is 10.7. The van der Waals surface area contributed by atoms with Crippen molar-refractivity contribution in [1.29, 1.82) is 0 Å². The third-order valence-electron chi connectivity index (χ3n) is 2.31. The number of hydrogen-bond acceptors (Lipinski definition) is 6. The molecule has 1 rings (SSSR count). The highest BCUT2D eigenvalue weighted by molar-refractivity contribution is 5.47. The molecule has 0 bridgehead atoms. The van der Waals surface area contributed by atoms with Crippen molar-refractivity contribution in [1.82, 2.24) is 9.97 Å². The van der Waals surface area contributed by atoms with Crippen molar-refractivity contribution >= 4 is 5.82 Å². The third kappa shape index (κ3) is 3.54. The highest BCUT2D eigenvalue weighted by Gasteiger charge is 2.13. The smallest absolute Gasteiger partial charge is 0.221 e. The Labute approximate surface area is 101 Å². The fourth-order valence-corrected chi connectivity index (χ4v) is 1.29. The van der Waals surface area contributed by atoms with Gasteiger partial charge in [-0.3, -0.25) is 0 Å². The lowest BCUT2D eigenvalue weighted by molar-refractivity contribution is 0.228. The number of nitrogens with one attached hydrogen (secondary N) is 1. The number of hydrazine groups is 1. The van der Waals surface area contributed by atoms with E-state index in [1.165, 1.54) is 0 Å². The largest absolute Gasteiger partial charge is 0.477 e. The Morgan fingerprint density at radius 1 is 1.41 bits per heavy atom. The molecule has 96 valence electrons. The zero-order valence-electron chi connectivity index (χ0n) is 10.5. The Morgan fingerprint density at radius 2 is 2.12 bits per heavy atom. The van der Waals surface area contributed by atoms with Gasteiger partial charge < -0.3 is 15.3 Å². The molecule has 6 nitrogen and oxygen atoms in total. The number of aliphatic hydroxyl groups excluding tert-OH is 1. The fourth-order valence-electron chi connectivity index (χ4n) is 1.29. The molecule has 0 saturated heterocycles. The number of nitrogens with zero attached hydrogens (tertiary/aromatic N) is 2. The fraction of sp³-hybridized carbons (Fsp3) is 0.636. The molecule has 0 saturated carbocycles. The Hall–Kier alpha value is -1.40. The van der Waals surface area contributed by atoms with Crippen molar-refractivity contribution in [3.8, 4) is 5.88 Å². The van der Waals surface area contributed by atoms with E-state index in [4.69, 9.17) is 15.7 Å². The number of nitrogen functional groups attached to an aromatic ring is 1. The van der Waals surface area contributed by atoms with Crippen LogP contribution in [0.2, 0.25) is 0 Å². The van der Waals surface area contributed by atoms with Gasteiger partial charge in [-0.15, -0.1) is 0 Å². The molecule has 0 unspecified atom stereocenters. The number of nitrogens with two attached hydrogens (primary N) is 1. The van der Waals surface area contributed by atoms with Crippen LogP contribution in [0.4, 0.5) is 5.82 Å². The van der Waals surface area contributed by atoms with Gasteiger partial charge in [0.2, 0.25) is 5.88 Å². The van der Waals surface area contributed by atoms with E-state index in [0.717, 1.165) is 5.56 Å². The minimum atomic E-state index is 0.100. The quantitative estimate of drug-likeness (QED) is 0.389. The molecule has 1 aromatic rings. The van der Waals surface area contributed by atoms with Crippen LogP contribution >= 0.6 is 0 Å². The van der Waals surface area contributed by atoms with E-state index in [0.29, 0.717) is 30.5 Å². The number of hydrogen-bond donors (Lipinski definition) is 3. The van der Waals surface area contributed by atoms with Crippen LogP contribution in [0.3, 0.4) is 0 Å². The van der Waals surface area contributed by atoms with Crippen LogP contribution in [0.15, 0.2) is 0 Å². The Morgan fingerprint density at radius 3 is 2.65 bits per heavy atom. The Kier molecular flexibility index (Phi) is 5.11. The molecule has 0 amide bonds. The number of rotatable bonds is 6. The van der Waals surface area contributed by atoms with Crippen molar-refractivity contribution in [2.75, 3.05) is 18.6 Å². The molecular weight excluding hydrogens is 220 g/mol. The minimum Gasteiger partial charge on any atom is -0.477 e. The van der Waals surface area contributed by atoms with Crippen molar-refractivity contribution < 1.29 is 9.84 Å². The summed E-state index contributed by atoms with van der Waals surface area (Å²) in [4.78, 5) is 8.64. The Balaban J connectivity index is 2.96. The molecule has 6 heteroatoms. The lowest BCUT2D eigenvalue weighted by Crippen LogP contribution is -2.14. The van der Waals surface area contributed by atoms with Crippen LogP contribution in [0.5, 0.6) is 5.88 Å². The molecule has 0 aromatic carbocycles. The van der Waals surface area contributed by atoms with Gasteiger partial charge in [0.1, 0.15) is 11.6 Å². The average molecular weight is 240 g/mol. The van der Waals surface area contributed by atoms with Crippen LogP contribution in [-0.2, 0) is 0 Å². The average Bonchev–Trinajstić information content (AvgIpc) is 2.31. The zero-order valence-corrected chi connectivity index (χ0v) is 10.5. The molecule has 1 aromatic heterocycles. The van der Waals surface area contributed by atoms with Crippen LogP contribution < -0.4 is 16.0 Å². The number of aliphatic hydroxyl groups is 1. The summed E-state index contributed by atoms with van der Waals surface area (Å²) in [6.45, 7) is 6.37. The summed E-state index contributed by atoms with van der Waals surface area (Å²) < 4.78 is 5.50. The summed E-state index contributed by atoms with van der Waals surface area (Å²) >= 11 is 0. The lowest BCUT2D eigenvalue weighted by Gasteiger charge is -2.14. The van der Waals surface area contributed by atoms with Gasteiger partial charge in [-0.25, -0.2) is 10.8 Å². The molecule has 4 N–H and O–H groups in total. The summed E-state index contributed by atoms with van der Waals surface area (Å²) in [6, 6.07) is 0. The van der Waals surface area contributed by atoms with E-state index < -0.39 is 0 Å². The van der Waals surface area contributed by atoms with Crippen molar-refractivity contribution in [3.63, 3.8) is 0 Å². The van der Waals surface area contributed by atoms with Crippen molar-refractivity contribution in [2.24, 2.45) is 5.84 Å².